The fourth-order valence-corrected chi connectivity index (χ4v) is 2.05. The van der Waals surface area contributed by atoms with Crippen LogP contribution in [0.25, 0.3) is 0 Å². The van der Waals surface area contributed by atoms with Crippen LogP contribution in [0, 0.1) is 0 Å². The van der Waals surface area contributed by atoms with Crippen molar-refractivity contribution in [3.63, 3.8) is 0 Å². The second-order valence-corrected chi connectivity index (χ2v) is 5.61. The molecule has 138 valence electrons. The van der Waals surface area contributed by atoms with Crippen LogP contribution in [-0.4, -0.2) is 64.0 Å². The molecule has 1 atom stereocenters. The third-order valence-electron chi connectivity index (χ3n) is 3.54. The number of carbonyl (C=O) groups excluding carboxylic acids is 2. The summed E-state index contributed by atoms with van der Waals surface area (Å²) in [5.41, 5.74) is 0.290. The summed E-state index contributed by atoms with van der Waals surface area (Å²) >= 11 is 0. The van der Waals surface area contributed by atoms with Crippen LogP contribution >= 0.6 is 0 Å². The molecule has 26 heavy (non-hydrogen) atoms. The molecule has 1 heterocycles. The number of likely N-dealkylation sites (N-methyl/N-ethyl adjacent to an activating group) is 1. The van der Waals surface area contributed by atoms with Crippen molar-refractivity contribution in [2.24, 2.45) is 0 Å². The number of hydrogen-bond acceptors (Lipinski definition) is 6. The van der Waals surface area contributed by atoms with Gasteiger partial charge in [0, 0.05) is 14.1 Å². The summed E-state index contributed by atoms with van der Waals surface area (Å²) < 4.78 is 6.23. The maximum atomic E-state index is 12.3. The standard InChI is InChI=1S/C16H19N5O5/c1-20(2)13(22)9-21-8-12(18-19-21)15(23)17-14(16(24)25)10-4-6-11(26-3)7-5-10/h4-8,14H,9H2,1-3H3,(H,17,23)(H,24,25). The Morgan fingerprint density at radius 1 is 1.27 bits per heavy atom. The van der Waals surface area contributed by atoms with Crippen molar-refractivity contribution >= 4 is 17.8 Å². The Bertz CT molecular complexity index is 800. The zero-order valence-electron chi connectivity index (χ0n) is 14.5. The highest BCUT2D eigenvalue weighted by atomic mass is 16.5. The molecule has 10 nitrogen and oxygen atoms in total. The maximum Gasteiger partial charge on any atom is 0.330 e. The van der Waals surface area contributed by atoms with Gasteiger partial charge in [-0.3, -0.25) is 9.59 Å². The van der Waals surface area contributed by atoms with Crippen molar-refractivity contribution in [2.45, 2.75) is 12.6 Å². The summed E-state index contributed by atoms with van der Waals surface area (Å²) in [5, 5.41) is 19.2. The molecule has 10 heteroatoms. The highest BCUT2D eigenvalue weighted by molar-refractivity contribution is 5.95. The number of aliphatic carboxylic acids is 1. The van der Waals surface area contributed by atoms with E-state index in [0.717, 1.165) is 0 Å². The molecule has 2 rings (SSSR count). The molecule has 0 radical (unpaired) electrons. The zero-order chi connectivity index (χ0) is 19.3. The van der Waals surface area contributed by atoms with Crippen molar-refractivity contribution in [2.75, 3.05) is 21.2 Å². The molecule has 2 aromatic rings. The average molecular weight is 361 g/mol. The van der Waals surface area contributed by atoms with Gasteiger partial charge in [0.15, 0.2) is 11.7 Å². The minimum absolute atomic E-state index is 0.0753. The summed E-state index contributed by atoms with van der Waals surface area (Å²) in [6, 6.07) is 5.03. The number of hydrogen-bond donors (Lipinski definition) is 2. The molecular formula is C16H19N5O5. The number of nitrogens with zero attached hydrogens (tertiary/aromatic N) is 4. The minimum atomic E-state index is -1.26. The van der Waals surface area contributed by atoms with E-state index in [4.69, 9.17) is 4.74 Å². The summed E-state index contributed by atoms with van der Waals surface area (Å²) in [6.45, 7) is -0.0753. The van der Waals surface area contributed by atoms with Crippen LogP contribution in [0.3, 0.4) is 0 Å². The van der Waals surface area contributed by atoms with Gasteiger partial charge in [-0.05, 0) is 17.7 Å². The first-order valence-electron chi connectivity index (χ1n) is 7.59. The van der Waals surface area contributed by atoms with Crippen LogP contribution in [0.4, 0.5) is 0 Å². The fraction of sp³-hybridized carbons (Fsp3) is 0.312. The zero-order valence-corrected chi connectivity index (χ0v) is 14.5. The topological polar surface area (TPSA) is 127 Å². The van der Waals surface area contributed by atoms with E-state index < -0.39 is 17.9 Å². The van der Waals surface area contributed by atoms with Crippen molar-refractivity contribution in [1.82, 2.24) is 25.2 Å². The van der Waals surface area contributed by atoms with E-state index >= 15 is 0 Å². The number of rotatable bonds is 7. The highest BCUT2D eigenvalue weighted by Gasteiger charge is 2.24. The number of amides is 2. The van der Waals surface area contributed by atoms with Crippen LogP contribution in [0.5, 0.6) is 5.75 Å². The van der Waals surface area contributed by atoms with Gasteiger partial charge in [-0.1, -0.05) is 17.3 Å². The van der Waals surface area contributed by atoms with Crippen molar-refractivity contribution in [3.8, 4) is 5.75 Å². The molecule has 0 aliphatic rings. The fourth-order valence-electron chi connectivity index (χ4n) is 2.05. The number of carboxylic acids is 1. The Kier molecular flexibility index (Phi) is 5.89. The molecule has 2 amide bonds. The van der Waals surface area contributed by atoms with Crippen LogP contribution in [0.15, 0.2) is 30.5 Å². The molecule has 0 saturated carbocycles. The van der Waals surface area contributed by atoms with Crippen molar-refractivity contribution in [3.05, 3.63) is 41.7 Å². The Morgan fingerprint density at radius 3 is 2.46 bits per heavy atom. The summed E-state index contributed by atoms with van der Waals surface area (Å²) in [5.74, 6) is -1.59. The predicted octanol–water partition coefficient (Wildman–Crippen LogP) is -0.0694. The SMILES string of the molecule is COc1ccc(C(NC(=O)c2cn(CC(=O)N(C)C)nn2)C(=O)O)cc1. The van der Waals surface area contributed by atoms with Crippen LogP contribution in [0.1, 0.15) is 22.1 Å². The molecule has 0 aliphatic heterocycles. The lowest BCUT2D eigenvalue weighted by Crippen LogP contribution is -2.34. The van der Waals surface area contributed by atoms with E-state index in [1.807, 2.05) is 0 Å². The second kappa shape index (κ2) is 8.10. The normalized spacial score (nSPS) is 11.5. The van der Waals surface area contributed by atoms with Gasteiger partial charge in [0.05, 0.1) is 13.3 Å². The van der Waals surface area contributed by atoms with E-state index in [1.165, 1.54) is 22.9 Å². The lowest BCUT2D eigenvalue weighted by Gasteiger charge is -2.14. The first kappa shape index (κ1) is 18.9. The van der Waals surface area contributed by atoms with Gasteiger partial charge in [-0.15, -0.1) is 5.10 Å². The molecular weight excluding hydrogens is 342 g/mol. The first-order chi connectivity index (χ1) is 12.3. The van der Waals surface area contributed by atoms with E-state index in [2.05, 4.69) is 15.6 Å². The smallest absolute Gasteiger partial charge is 0.330 e. The molecule has 0 aliphatic carbocycles. The molecule has 2 N–H and O–H groups in total. The number of carboxylic acid groups (broad SMARTS) is 1. The number of aromatic nitrogens is 3. The van der Waals surface area contributed by atoms with Gasteiger partial charge in [0.25, 0.3) is 5.91 Å². The molecule has 0 bridgehead atoms. The number of nitrogens with one attached hydrogen (secondary N) is 1. The molecule has 0 saturated heterocycles. The Labute approximate surface area is 149 Å². The van der Waals surface area contributed by atoms with Gasteiger partial charge < -0.3 is 20.1 Å². The predicted molar refractivity (Wildman–Crippen MR) is 89.6 cm³/mol. The van der Waals surface area contributed by atoms with E-state index in [0.29, 0.717) is 11.3 Å². The van der Waals surface area contributed by atoms with E-state index in [-0.39, 0.29) is 18.1 Å². The Balaban J connectivity index is 2.11. The van der Waals surface area contributed by atoms with E-state index in [1.54, 1.807) is 38.4 Å². The van der Waals surface area contributed by atoms with Gasteiger partial charge >= 0.3 is 5.97 Å². The lowest BCUT2D eigenvalue weighted by molar-refractivity contribution is -0.139. The molecule has 1 aromatic heterocycles. The Morgan fingerprint density at radius 2 is 1.92 bits per heavy atom. The second-order valence-electron chi connectivity index (χ2n) is 5.61. The molecule has 0 spiro atoms. The van der Waals surface area contributed by atoms with Gasteiger partial charge in [0.1, 0.15) is 12.3 Å². The summed E-state index contributed by atoms with van der Waals surface area (Å²) in [7, 11) is 4.69. The summed E-state index contributed by atoms with van der Waals surface area (Å²) in [6.07, 6.45) is 1.28. The number of methoxy groups -OCH3 is 1. The van der Waals surface area contributed by atoms with Crippen LogP contribution < -0.4 is 10.1 Å². The maximum absolute atomic E-state index is 12.3. The quantitative estimate of drug-likeness (QED) is 0.707. The Hall–Kier alpha value is -3.43. The third kappa shape index (κ3) is 4.56. The van der Waals surface area contributed by atoms with E-state index in [9.17, 15) is 19.5 Å². The molecule has 1 unspecified atom stereocenters. The first-order valence-corrected chi connectivity index (χ1v) is 7.59. The van der Waals surface area contributed by atoms with Gasteiger partial charge in [-0.25, -0.2) is 9.48 Å². The van der Waals surface area contributed by atoms with Gasteiger partial charge in [-0.2, -0.15) is 0 Å². The van der Waals surface area contributed by atoms with Crippen molar-refractivity contribution in [1.29, 1.82) is 0 Å². The largest absolute Gasteiger partial charge is 0.497 e. The summed E-state index contributed by atoms with van der Waals surface area (Å²) in [4.78, 5) is 36.8. The highest BCUT2D eigenvalue weighted by Crippen LogP contribution is 2.18. The van der Waals surface area contributed by atoms with Crippen LogP contribution in [-0.2, 0) is 16.1 Å². The van der Waals surface area contributed by atoms with Gasteiger partial charge in [0.2, 0.25) is 5.91 Å². The minimum Gasteiger partial charge on any atom is -0.497 e. The van der Waals surface area contributed by atoms with Crippen LogP contribution in [0.2, 0.25) is 0 Å². The number of benzene rings is 1. The molecule has 1 aromatic carbocycles. The third-order valence-corrected chi connectivity index (χ3v) is 3.54. The molecule has 0 fully saturated rings. The number of carbonyl (C=O) groups is 3. The lowest BCUT2D eigenvalue weighted by atomic mass is 10.1. The monoisotopic (exact) mass is 361 g/mol. The number of ether oxygens (including phenoxy) is 1. The van der Waals surface area contributed by atoms with Crippen molar-refractivity contribution < 1.29 is 24.2 Å². The average Bonchev–Trinajstić information content (AvgIpc) is 3.08.